The zero-order valence-electron chi connectivity index (χ0n) is 17.0. The van der Waals surface area contributed by atoms with Crippen molar-refractivity contribution in [1.82, 2.24) is 24.1 Å². The third-order valence-corrected chi connectivity index (χ3v) is 5.91. The fraction of sp³-hybridized carbons (Fsp3) is 0.550. The first kappa shape index (κ1) is 21.4. The van der Waals surface area contributed by atoms with Gasteiger partial charge in [0.05, 0.1) is 18.3 Å². The second-order valence-electron chi connectivity index (χ2n) is 8.36. The number of hydrogen-bond acceptors (Lipinski definition) is 4. The van der Waals surface area contributed by atoms with Crippen LogP contribution in [0.4, 0.5) is 13.2 Å². The number of aliphatic carboxylic acids is 1. The van der Waals surface area contributed by atoms with E-state index in [1.807, 2.05) is 30.1 Å². The van der Waals surface area contributed by atoms with Crippen molar-refractivity contribution in [2.45, 2.75) is 37.6 Å². The summed E-state index contributed by atoms with van der Waals surface area (Å²) in [6, 6.07) is 4.66. The Kier molecular flexibility index (Phi) is 5.54. The Morgan fingerprint density at radius 1 is 1.26 bits per heavy atom. The number of rotatable bonds is 4. The second kappa shape index (κ2) is 8.03. The monoisotopic (exact) mass is 439 g/mol. The molecule has 0 aromatic carbocycles. The number of nitrogens with zero attached hydrogens (tertiary/aromatic N) is 5. The van der Waals surface area contributed by atoms with Crippen LogP contribution in [0, 0.1) is 5.92 Å². The lowest BCUT2D eigenvalue weighted by Gasteiger charge is -2.38. The number of carbonyl (C=O) groups excluding carboxylic acids is 1. The van der Waals surface area contributed by atoms with Gasteiger partial charge in [-0.2, -0.15) is 18.3 Å². The largest absolute Gasteiger partial charge is 0.490 e. The van der Waals surface area contributed by atoms with Crippen LogP contribution in [0.3, 0.4) is 0 Å². The van der Waals surface area contributed by atoms with Crippen LogP contribution < -0.4 is 0 Å². The quantitative estimate of drug-likeness (QED) is 0.789. The summed E-state index contributed by atoms with van der Waals surface area (Å²) in [5.74, 6) is -1.81. The van der Waals surface area contributed by atoms with Gasteiger partial charge in [0.25, 0.3) is 5.91 Å². The van der Waals surface area contributed by atoms with Crippen molar-refractivity contribution in [2.75, 3.05) is 19.6 Å². The fourth-order valence-corrected chi connectivity index (χ4v) is 4.33. The Morgan fingerprint density at radius 3 is 2.52 bits per heavy atom. The molecule has 2 atom stereocenters. The third-order valence-electron chi connectivity index (χ3n) is 5.91. The number of aryl methyl sites for hydroxylation is 1. The molecule has 2 fully saturated rings. The molecule has 2 aromatic heterocycles. The minimum atomic E-state index is -5.08. The molecule has 5 rings (SSSR count). The van der Waals surface area contributed by atoms with Gasteiger partial charge in [0.1, 0.15) is 5.69 Å². The highest BCUT2D eigenvalue weighted by atomic mass is 19.4. The number of hydrogen-bond donors (Lipinski definition) is 1. The van der Waals surface area contributed by atoms with E-state index in [0.717, 1.165) is 37.8 Å². The van der Waals surface area contributed by atoms with Gasteiger partial charge in [-0.3, -0.25) is 14.4 Å². The van der Waals surface area contributed by atoms with Crippen LogP contribution in [0.25, 0.3) is 0 Å². The topological polar surface area (TPSA) is 83.6 Å². The zero-order valence-corrected chi connectivity index (χ0v) is 17.0. The van der Waals surface area contributed by atoms with E-state index < -0.39 is 12.1 Å². The lowest BCUT2D eigenvalue weighted by atomic mass is 10.1. The summed E-state index contributed by atoms with van der Waals surface area (Å²) in [7, 11) is 1.95. The molecule has 2 aliphatic heterocycles. The first-order chi connectivity index (χ1) is 14.6. The summed E-state index contributed by atoms with van der Waals surface area (Å²) in [6.45, 7) is 3.79. The van der Waals surface area contributed by atoms with Crippen molar-refractivity contribution in [3.8, 4) is 0 Å². The van der Waals surface area contributed by atoms with Crippen molar-refractivity contribution < 1.29 is 27.9 Å². The van der Waals surface area contributed by atoms with Gasteiger partial charge in [-0.05, 0) is 30.9 Å². The van der Waals surface area contributed by atoms with E-state index in [1.54, 1.807) is 0 Å². The Hall–Kier alpha value is -2.82. The molecule has 8 nitrogen and oxygen atoms in total. The first-order valence-corrected chi connectivity index (χ1v) is 10.1. The predicted molar refractivity (Wildman–Crippen MR) is 103 cm³/mol. The summed E-state index contributed by atoms with van der Waals surface area (Å²) in [4.78, 5) is 26.5. The number of amides is 1. The maximum atomic E-state index is 12.9. The molecule has 31 heavy (non-hydrogen) atoms. The summed E-state index contributed by atoms with van der Waals surface area (Å²) in [5.41, 5.74) is 2.10. The molecule has 0 bridgehead atoms. The number of halogens is 3. The summed E-state index contributed by atoms with van der Waals surface area (Å²) < 4.78 is 35.8. The lowest BCUT2D eigenvalue weighted by Crippen LogP contribution is -2.51. The SMILES string of the molecule is Cn1cc(CN2CC3C(C2)n2cccc2C(=O)N3CC2CC2)cn1.O=C(O)C(F)(F)F. The number of carboxylic acid groups (broad SMARTS) is 1. The number of carboxylic acids is 1. The molecule has 168 valence electrons. The highest BCUT2D eigenvalue weighted by Crippen LogP contribution is 2.38. The van der Waals surface area contributed by atoms with Crippen molar-refractivity contribution in [2.24, 2.45) is 13.0 Å². The molecule has 4 heterocycles. The van der Waals surface area contributed by atoms with Crippen LogP contribution in [0.15, 0.2) is 30.7 Å². The van der Waals surface area contributed by atoms with Gasteiger partial charge in [0, 0.05) is 51.2 Å². The molecule has 1 amide bonds. The number of fused-ring (bicyclic) bond motifs is 3. The first-order valence-electron chi connectivity index (χ1n) is 10.1. The van der Waals surface area contributed by atoms with Crippen LogP contribution in [0.5, 0.6) is 0 Å². The maximum absolute atomic E-state index is 12.9. The second-order valence-corrected chi connectivity index (χ2v) is 8.36. The maximum Gasteiger partial charge on any atom is 0.490 e. The molecular formula is C20H24F3N5O3. The van der Waals surface area contributed by atoms with Crippen LogP contribution in [0.1, 0.15) is 34.9 Å². The van der Waals surface area contributed by atoms with Gasteiger partial charge in [-0.1, -0.05) is 0 Å². The van der Waals surface area contributed by atoms with Gasteiger partial charge in [-0.25, -0.2) is 4.79 Å². The summed E-state index contributed by atoms with van der Waals surface area (Å²) >= 11 is 0. The van der Waals surface area contributed by atoms with Gasteiger partial charge >= 0.3 is 12.1 Å². The number of alkyl halides is 3. The van der Waals surface area contributed by atoms with Gasteiger partial charge < -0.3 is 14.6 Å². The summed E-state index contributed by atoms with van der Waals surface area (Å²) in [5, 5.41) is 11.4. The van der Waals surface area contributed by atoms with Gasteiger partial charge in [-0.15, -0.1) is 0 Å². The molecule has 11 heteroatoms. The molecule has 1 N–H and O–H groups in total. The fourth-order valence-electron chi connectivity index (χ4n) is 4.33. The van der Waals surface area contributed by atoms with Gasteiger partial charge in [0.15, 0.2) is 0 Å². The molecule has 2 unspecified atom stereocenters. The molecule has 1 saturated carbocycles. The smallest absolute Gasteiger partial charge is 0.475 e. The van der Waals surface area contributed by atoms with Crippen LogP contribution >= 0.6 is 0 Å². The Balaban J connectivity index is 0.000000289. The minimum Gasteiger partial charge on any atom is -0.475 e. The van der Waals surface area contributed by atoms with Crippen molar-refractivity contribution >= 4 is 11.9 Å². The molecule has 1 aliphatic carbocycles. The number of carbonyl (C=O) groups is 2. The van der Waals surface area contributed by atoms with E-state index >= 15 is 0 Å². The van der Waals surface area contributed by atoms with Crippen molar-refractivity contribution in [1.29, 1.82) is 0 Å². The van der Waals surface area contributed by atoms with E-state index in [4.69, 9.17) is 9.90 Å². The lowest BCUT2D eigenvalue weighted by molar-refractivity contribution is -0.192. The molecular weight excluding hydrogens is 415 g/mol. The molecule has 1 saturated heterocycles. The number of likely N-dealkylation sites (tertiary alicyclic amines) is 1. The van der Waals surface area contributed by atoms with Crippen LogP contribution in [0.2, 0.25) is 0 Å². The molecule has 3 aliphatic rings. The Bertz CT molecular complexity index is 965. The Morgan fingerprint density at radius 2 is 1.94 bits per heavy atom. The standard InChI is InChI=1S/C18H23N5O.C2HF3O2/c1-20-8-14(7-19-20)9-21-11-16-17(12-21)23(10-13-4-5-13)18(24)15-3-2-6-22(15)16;3-2(4,5)1(6)7/h2-3,6-8,13,16-17H,4-5,9-12H2,1H3;(H,6,7). The van der Waals surface area contributed by atoms with E-state index in [0.29, 0.717) is 12.1 Å². The van der Waals surface area contributed by atoms with E-state index in [1.165, 1.54) is 18.4 Å². The third kappa shape index (κ3) is 4.60. The average molecular weight is 439 g/mol. The minimum absolute atomic E-state index is 0.219. The molecule has 2 aromatic rings. The average Bonchev–Trinajstić information content (AvgIpc) is 3.06. The molecule has 0 radical (unpaired) electrons. The predicted octanol–water partition coefficient (Wildman–Crippen LogP) is 2.15. The van der Waals surface area contributed by atoms with Crippen molar-refractivity contribution in [3.05, 3.63) is 42.0 Å². The van der Waals surface area contributed by atoms with Gasteiger partial charge in [0.2, 0.25) is 0 Å². The normalized spacial score (nSPS) is 23.2. The van der Waals surface area contributed by atoms with E-state index in [2.05, 4.69) is 31.9 Å². The van der Waals surface area contributed by atoms with Crippen LogP contribution in [-0.4, -0.2) is 73.0 Å². The highest BCUT2D eigenvalue weighted by molar-refractivity contribution is 5.94. The Labute approximate surface area is 176 Å². The number of aromatic nitrogens is 3. The highest BCUT2D eigenvalue weighted by Gasteiger charge is 2.46. The van der Waals surface area contributed by atoms with Crippen molar-refractivity contribution in [3.63, 3.8) is 0 Å². The molecule has 0 spiro atoms. The zero-order chi connectivity index (χ0) is 22.3. The summed E-state index contributed by atoms with van der Waals surface area (Å²) in [6.07, 6.45) is 3.57. The van der Waals surface area contributed by atoms with E-state index in [-0.39, 0.29) is 5.91 Å². The van der Waals surface area contributed by atoms with Crippen LogP contribution in [-0.2, 0) is 18.4 Å². The van der Waals surface area contributed by atoms with E-state index in [9.17, 15) is 18.0 Å².